The fourth-order valence-corrected chi connectivity index (χ4v) is 1.68. The van der Waals surface area contributed by atoms with Crippen molar-refractivity contribution in [3.8, 4) is 0 Å². The molecule has 4 nitrogen and oxygen atoms in total. The molecule has 4 heteroatoms. The number of aromatic nitrogens is 3. The molecule has 0 saturated heterocycles. The second kappa shape index (κ2) is 3.46. The first kappa shape index (κ1) is 9.83. The van der Waals surface area contributed by atoms with Crippen LogP contribution in [0.25, 0.3) is 11.0 Å². The predicted molar refractivity (Wildman–Crippen MR) is 57.6 cm³/mol. The minimum Gasteiger partial charge on any atom is -0.303 e. The first-order chi connectivity index (χ1) is 7.15. The Labute approximate surface area is 87.7 Å². The molecule has 0 fully saturated rings. The van der Waals surface area contributed by atoms with Gasteiger partial charge in [0.2, 0.25) is 0 Å². The molecule has 0 atom stereocenters. The smallest absolute Gasteiger partial charge is 0.181 e. The first-order valence-electron chi connectivity index (χ1n) is 4.88. The van der Waals surface area contributed by atoms with Gasteiger partial charge >= 0.3 is 0 Å². The lowest BCUT2D eigenvalue weighted by molar-refractivity contribution is -0.108. The molecule has 0 saturated carbocycles. The quantitative estimate of drug-likeness (QED) is 0.774. The molecule has 0 unspecified atom stereocenters. The summed E-state index contributed by atoms with van der Waals surface area (Å²) in [7, 11) is 0. The van der Waals surface area contributed by atoms with Crippen molar-refractivity contribution in [1.82, 2.24) is 15.2 Å². The van der Waals surface area contributed by atoms with E-state index in [9.17, 15) is 4.79 Å². The summed E-state index contributed by atoms with van der Waals surface area (Å²) in [5.74, 6) is 0. The van der Waals surface area contributed by atoms with E-state index in [0.29, 0.717) is 12.1 Å². The summed E-state index contributed by atoms with van der Waals surface area (Å²) in [6, 6.07) is 3.84. The lowest BCUT2D eigenvalue weighted by Gasteiger charge is -2.20. The molecule has 0 amide bonds. The number of aldehydes is 1. The molecule has 0 radical (unpaired) electrons. The van der Waals surface area contributed by atoms with Crippen molar-refractivity contribution in [3.05, 3.63) is 24.0 Å². The Hall–Kier alpha value is -1.71. The van der Waals surface area contributed by atoms with Gasteiger partial charge in [0.15, 0.2) is 5.65 Å². The summed E-state index contributed by atoms with van der Waals surface area (Å²) >= 11 is 0. The van der Waals surface area contributed by atoms with Gasteiger partial charge in [0.1, 0.15) is 6.29 Å². The average molecular weight is 203 g/mol. The average Bonchev–Trinajstić information content (AvgIpc) is 2.61. The molecular weight excluding hydrogens is 190 g/mol. The predicted octanol–water partition coefficient (Wildman–Crippen LogP) is 1.82. The van der Waals surface area contributed by atoms with Gasteiger partial charge in [-0.2, -0.15) is 5.10 Å². The van der Waals surface area contributed by atoms with E-state index in [1.165, 1.54) is 0 Å². The highest BCUT2D eigenvalue weighted by molar-refractivity contribution is 5.79. The number of carbonyl (C=O) groups excluding carboxylic acids is 1. The number of pyridine rings is 1. The van der Waals surface area contributed by atoms with E-state index < -0.39 is 0 Å². The molecule has 78 valence electrons. The van der Waals surface area contributed by atoms with E-state index in [2.05, 4.69) is 15.2 Å². The number of nitrogens with one attached hydrogen (secondary N) is 1. The SMILES string of the molecule is CC(C)(CC=O)c1[nH]nc2ncccc12. The summed E-state index contributed by atoms with van der Waals surface area (Å²) in [6.45, 7) is 4.03. The highest BCUT2D eigenvalue weighted by atomic mass is 16.1. The van der Waals surface area contributed by atoms with E-state index in [4.69, 9.17) is 0 Å². The van der Waals surface area contributed by atoms with Gasteiger partial charge < -0.3 is 4.79 Å². The van der Waals surface area contributed by atoms with Crippen LogP contribution in [0.1, 0.15) is 26.0 Å². The zero-order valence-electron chi connectivity index (χ0n) is 8.82. The molecule has 0 aliphatic rings. The maximum absolute atomic E-state index is 10.6. The van der Waals surface area contributed by atoms with Crippen molar-refractivity contribution in [1.29, 1.82) is 0 Å². The third-order valence-electron chi connectivity index (χ3n) is 2.60. The summed E-state index contributed by atoms with van der Waals surface area (Å²) in [5.41, 5.74) is 1.45. The van der Waals surface area contributed by atoms with E-state index in [1.54, 1.807) is 6.20 Å². The van der Waals surface area contributed by atoms with Crippen LogP contribution in [0.3, 0.4) is 0 Å². The van der Waals surface area contributed by atoms with Crippen molar-refractivity contribution >= 4 is 17.3 Å². The van der Waals surface area contributed by atoms with Crippen LogP contribution in [0.4, 0.5) is 0 Å². The molecule has 2 aromatic heterocycles. The lowest BCUT2D eigenvalue weighted by atomic mass is 9.85. The van der Waals surface area contributed by atoms with Crippen LogP contribution in [0.15, 0.2) is 18.3 Å². The maximum Gasteiger partial charge on any atom is 0.181 e. The second-order valence-corrected chi connectivity index (χ2v) is 4.23. The summed E-state index contributed by atoms with van der Waals surface area (Å²) in [5, 5.41) is 8.07. The Morgan fingerprint density at radius 2 is 2.33 bits per heavy atom. The van der Waals surface area contributed by atoms with Gasteiger partial charge in [0.05, 0.1) is 5.69 Å². The fourth-order valence-electron chi connectivity index (χ4n) is 1.68. The lowest BCUT2D eigenvalue weighted by Crippen LogP contribution is -2.18. The first-order valence-corrected chi connectivity index (χ1v) is 4.88. The van der Waals surface area contributed by atoms with E-state index >= 15 is 0 Å². The van der Waals surface area contributed by atoms with E-state index in [1.807, 2.05) is 26.0 Å². The third-order valence-corrected chi connectivity index (χ3v) is 2.60. The molecule has 0 aliphatic heterocycles. The molecule has 0 aliphatic carbocycles. The molecule has 2 rings (SSSR count). The van der Waals surface area contributed by atoms with Crippen LogP contribution in [-0.2, 0) is 10.2 Å². The molecule has 0 bridgehead atoms. The Balaban J connectivity index is 2.56. The van der Waals surface area contributed by atoms with Gasteiger partial charge in [-0.25, -0.2) is 4.98 Å². The maximum atomic E-state index is 10.6. The van der Waals surface area contributed by atoms with Crippen LogP contribution in [0.5, 0.6) is 0 Å². The van der Waals surface area contributed by atoms with Crippen molar-refractivity contribution in [2.24, 2.45) is 0 Å². The fraction of sp³-hybridized carbons (Fsp3) is 0.364. The molecule has 15 heavy (non-hydrogen) atoms. The Kier molecular flexibility index (Phi) is 2.26. The standard InChI is InChI=1S/C11H13N3O/c1-11(2,5-7-15)9-8-4-3-6-12-10(8)14-13-9/h3-4,6-7H,5H2,1-2H3,(H,12,13,14). The number of rotatable bonds is 3. The second-order valence-electron chi connectivity index (χ2n) is 4.23. The number of H-pyrrole nitrogens is 1. The third kappa shape index (κ3) is 1.63. The summed E-state index contributed by atoms with van der Waals surface area (Å²) in [6.07, 6.45) is 3.11. The minimum atomic E-state index is -0.223. The Morgan fingerprint density at radius 3 is 3.07 bits per heavy atom. The van der Waals surface area contributed by atoms with Gasteiger partial charge in [-0.3, -0.25) is 5.10 Å². The summed E-state index contributed by atoms with van der Waals surface area (Å²) in [4.78, 5) is 14.7. The van der Waals surface area contributed by atoms with Crippen LogP contribution in [0, 0.1) is 0 Å². The van der Waals surface area contributed by atoms with Crippen molar-refractivity contribution in [2.75, 3.05) is 0 Å². The number of hydrogen-bond donors (Lipinski definition) is 1. The number of fused-ring (bicyclic) bond motifs is 1. The van der Waals surface area contributed by atoms with Crippen LogP contribution < -0.4 is 0 Å². The Morgan fingerprint density at radius 1 is 1.53 bits per heavy atom. The molecule has 1 N–H and O–H groups in total. The number of aromatic amines is 1. The van der Waals surface area contributed by atoms with Crippen LogP contribution in [-0.4, -0.2) is 21.5 Å². The molecule has 0 spiro atoms. The number of carbonyl (C=O) groups is 1. The van der Waals surface area contributed by atoms with E-state index in [0.717, 1.165) is 17.4 Å². The number of nitrogens with zero attached hydrogens (tertiary/aromatic N) is 2. The van der Waals surface area contributed by atoms with Crippen LogP contribution in [0.2, 0.25) is 0 Å². The number of hydrogen-bond acceptors (Lipinski definition) is 3. The van der Waals surface area contributed by atoms with Gasteiger partial charge in [-0.15, -0.1) is 0 Å². The molecular formula is C11H13N3O. The van der Waals surface area contributed by atoms with Gasteiger partial charge in [-0.05, 0) is 12.1 Å². The zero-order valence-corrected chi connectivity index (χ0v) is 8.82. The largest absolute Gasteiger partial charge is 0.303 e. The highest BCUT2D eigenvalue weighted by Gasteiger charge is 2.24. The van der Waals surface area contributed by atoms with Gasteiger partial charge in [0.25, 0.3) is 0 Å². The van der Waals surface area contributed by atoms with E-state index in [-0.39, 0.29) is 5.41 Å². The van der Waals surface area contributed by atoms with Crippen molar-refractivity contribution < 1.29 is 4.79 Å². The molecule has 0 aromatic carbocycles. The van der Waals surface area contributed by atoms with Crippen LogP contribution >= 0.6 is 0 Å². The van der Waals surface area contributed by atoms with Gasteiger partial charge in [-0.1, -0.05) is 13.8 Å². The van der Waals surface area contributed by atoms with Crippen molar-refractivity contribution in [2.45, 2.75) is 25.7 Å². The minimum absolute atomic E-state index is 0.223. The van der Waals surface area contributed by atoms with Gasteiger partial charge in [0, 0.05) is 23.4 Å². The zero-order chi connectivity index (χ0) is 10.9. The molecule has 2 heterocycles. The molecule has 2 aromatic rings. The highest BCUT2D eigenvalue weighted by Crippen LogP contribution is 2.29. The normalized spacial score (nSPS) is 11.9. The Bertz CT molecular complexity index is 487. The monoisotopic (exact) mass is 203 g/mol. The van der Waals surface area contributed by atoms with Crippen molar-refractivity contribution in [3.63, 3.8) is 0 Å². The summed E-state index contributed by atoms with van der Waals surface area (Å²) < 4.78 is 0. The topological polar surface area (TPSA) is 58.6 Å².